The highest BCUT2D eigenvalue weighted by atomic mass is 16.5. The Hall–Kier alpha value is -2.98. The average Bonchev–Trinajstić information content (AvgIpc) is 2.95. The quantitative estimate of drug-likeness (QED) is 0.258. The fraction of sp³-hybridized carbons (Fsp3) is 0.526. The third kappa shape index (κ3) is 8.53. The molecule has 0 radical (unpaired) electrons. The van der Waals surface area contributed by atoms with Gasteiger partial charge in [-0.1, -0.05) is 47.1 Å². The van der Waals surface area contributed by atoms with Crippen molar-refractivity contribution in [2.75, 3.05) is 13.3 Å². The molecule has 2 aromatic rings. The van der Waals surface area contributed by atoms with Gasteiger partial charge in [0, 0.05) is 24.2 Å². The lowest BCUT2D eigenvalue weighted by molar-refractivity contribution is 0.0524. The molecule has 0 bridgehead atoms. The molecule has 228 valence electrons. The van der Waals surface area contributed by atoms with E-state index in [9.17, 15) is 5.11 Å². The van der Waals surface area contributed by atoms with Crippen molar-refractivity contribution in [3.8, 4) is 17.2 Å². The number of hydrogen-bond acceptors (Lipinski definition) is 4. The van der Waals surface area contributed by atoms with Crippen LogP contribution in [-0.2, 0) is 19.4 Å². The lowest BCUT2D eigenvalue weighted by Crippen LogP contribution is -2.39. The molecule has 4 heteroatoms. The van der Waals surface area contributed by atoms with Crippen molar-refractivity contribution in [2.24, 2.45) is 0 Å². The first-order chi connectivity index (χ1) is 20.0. The molecule has 0 aromatic heterocycles. The summed E-state index contributed by atoms with van der Waals surface area (Å²) in [6.07, 6.45) is 16.8. The minimum Gasteiger partial charge on any atom is -0.508 e. The summed E-state index contributed by atoms with van der Waals surface area (Å²) in [7, 11) is 0. The molecule has 2 aliphatic rings. The number of rotatable bonds is 12. The van der Waals surface area contributed by atoms with E-state index in [0.29, 0.717) is 12.5 Å². The van der Waals surface area contributed by atoms with Gasteiger partial charge in [-0.25, -0.2) is 0 Å². The van der Waals surface area contributed by atoms with Crippen LogP contribution in [0.4, 0.5) is 0 Å². The van der Waals surface area contributed by atoms with Crippen molar-refractivity contribution in [3.05, 3.63) is 87.0 Å². The maximum Gasteiger partial charge on any atom is 0.142 e. The number of aromatic hydroxyl groups is 1. The van der Waals surface area contributed by atoms with E-state index in [-0.39, 0.29) is 5.60 Å². The highest BCUT2D eigenvalue weighted by Crippen LogP contribution is 2.46. The van der Waals surface area contributed by atoms with Gasteiger partial charge in [0.1, 0.15) is 29.6 Å². The van der Waals surface area contributed by atoms with Crippen LogP contribution in [0.25, 0.3) is 0 Å². The van der Waals surface area contributed by atoms with Crippen LogP contribution in [-0.4, -0.2) is 28.9 Å². The number of benzene rings is 2. The minimum atomic E-state index is -0.148. The zero-order valence-electron chi connectivity index (χ0n) is 27.2. The Labute approximate surface area is 255 Å². The van der Waals surface area contributed by atoms with Crippen LogP contribution in [0.3, 0.4) is 0 Å². The van der Waals surface area contributed by atoms with Gasteiger partial charge in [-0.05, 0) is 135 Å². The van der Waals surface area contributed by atoms with Crippen LogP contribution < -0.4 is 9.47 Å². The molecule has 0 saturated carbocycles. The van der Waals surface area contributed by atoms with Crippen LogP contribution in [0.1, 0.15) is 107 Å². The number of hydrogen-bond donors (Lipinski definition) is 1. The Balaban J connectivity index is 1.34. The molecule has 4 rings (SSSR count). The van der Waals surface area contributed by atoms with Crippen LogP contribution in [0.15, 0.2) is 59.2 Å². The van der Waals surface area contributed by atoms with Gasteiger partial charge >= 0.3 is 0 Å². The lowest BCUT2D eigenvalue weighted by atomic mass is 9.84. The van der Waals surface area contributed by atoms with E-state index >= 15 is 0 Å². The van der Waals surface area contributed by atoms with Crippen molar-refractivity contribution in [1.82, 2.24) is 4.90 Å². The predicted molar refractivity (Wildman–Crippen MR) is 176 cm³/mol. The normalized spacial score (nSPS) is 19.0. The van der Waals surface area contributed by atoms with E-state index in [1.165, 1.54) is 44.5 Å². The van der Waals surface area contributed by atoms with Crippen molar-refractivity contribution in [1.29, 1.82) is 0 Å². The smallest absolute Gasteiger partial charge is 0.142 e. The summed E-state index contributed by atoms with van der Waals surface area (Å²) in [5.41, 5.74) is 10.6. The molecule has 0 fully saturated rings. The number of nitrogens with zero attached hydrogens (tertiary/aromatic N) is 1. The van der Waals surface area contributed by atoms with E-state index in [1.807, 2.05) is 12.1 Å². The van der Waals surface area contributed by atoms with Gasteiger partial charge in [0.2, 0.25) is 0 Å². The monoisotopic (exact) mass is 571 g/mol. The molecule has 4 nitrogen and oxygen atoms in total. The zero-order valence-corrected chi connectivity index (χ0v) is 27.2. The Bertz CT molecular complexity index is 1310. The molecule has 42 heavy (non-hydrogen) atoms. The molecular weight excluding hydrogens is 518 g/mol. The molecule has 1 N–H and O–H groups in total. The van der Waals surface area contributed by atoms with Crippen LogP contribution in [0.5, 0.6) is 17.2 Å². The standard InChI is InChI=1S/C38H53NO3/c1-27(2)11-8-12-28(3)13-9-14-29(4)15-10-22-38(7)23-20-34-35-25-39(24-21-32-16-18-33(40)19-17-32)26-41-36(35)30(5)31(6)37(34)42-38/h11,13,15-19,40H,8-10,12,14,20-26H2,1-7H3/b28-13+,29-15+/t38-/m1/s1. The van der Waals surface area contributed by atoms with E-state index in [2.05, 4.69) is 71.6 Å². The molecule has 0 unspecified atom stereocenters. The topological polar surface area (TPSA) is 41.9 Å². The third-order valence-corrected chi connectivity index (χ3v) is 9.12. The summed E-state index contributed by atoms with van der Waals surface area (Å²) in [6.45, 7) is 18.0. The van der Waals surface area contributed by atoms with Crippen LogP contribution >= 0.6 is 0 Å². The summed E-state index contributed by atoms with van der Waals surface area (Å²) in [6, 6.07) is 7.53. The fourth-order valence-corrected chi connectivity index (χ4v) is 6.18. The third-order valence-electron chi connectivity index (χ3n) is 9.12. The maximum atomic E-state index is 9.59. The van der Waals surface area contributed by atoms with Crippen molar-refractivity contribution < 1.29 is 14.6 Å². The number of ether oxygens (including phenoxy) is 2. The first-order valence-corrected chi connectivity index (χ1v) is 16.0. The summed E-state index contributed by atoms with van der Waals surface area (Å²) in [4.78, 5) is 2.38. The number of phenolic OH excluding ortho intramolecular Hbond substituents is 1. The molecular formula is C38H53NO3. The zero-order chi connectivity index (χ0) is 30.3. The largest absolute Gasteiger partial charge is 0.508 e. The first kappa shape index (κ1) is 31.9. The highest BCUT2D eigenvalue weighted by Gasteiger charge is 2.36. The summed E-state index contributed by atoms with van der Waals surface area (Å²) >= 11 is 0. The molecule has 2 aromatic carbocycles. The highest BCUT2D eigenvalue weighted by molar-refractivity contribution is 5.60. The molecule has 0 spiro atoms. The number of fused-ring (bicyclic) bond motifs is 3. The Morgan fingerprint density at radius 1 is 0.881 bits per heavy atom. The van der Waals surface area contributed by atoms with Crippen LogP contribution in [0, 0.1) is 13.8 Å². The SMILES string of the molecule is CC(C)=CCC/C(C)=C/CC/C(C)=C/CC[C@]1(C)CCc2c3c(c(C)c(C)c2O1)OCN(CCc1ccc(O)cc1)C3. The Kier molecular flexibility index (Phi) is 11.0. The summed E-state index contributed by atoms with van der Waals surface area (Å²) in [5.74, 6) is 2.48. The van der Waals surface area contributed by atoms with Crippen LogP contribution in [0.2, 0.25) is 0 Å². The number of phenols is 1. The Morgan fingerprint density at radius 3 is 2.21 bits per heavy atom. The fourth-order valence-electron chi connectivity index (χ4n) is 6.18. The molecule has 0 saturated heterocycles. The Morgan fingerprint density at radius 2 is 1.52 bits per heavy atom. The van der Waals surface area contributed by atoms with Gasteiger partial charge in [-0.3, -0.25) is 4.90 Å². The predicted octanol–water partition coefficient (Wildman–Crippen LogP) is 9.69. The van der Waals surface area contributed by atoms with Gasteiger partial charge in [0.25, 0.3) is 0 Å². The summed E-state index contributed by atoms with van der Waals surface area (Å²) in [5, 5.41) is 9.59. The van der Waals surface area contributed by atoms with Crippen molar-refractivity contribution >= 4 is 0 Å². The van der Waals surface area contributed by atoms with Gasteiger partial charge < -0.3 is 14.6 Å². The molecule has 2 heterocycles. The van der Waals surface area contributed by atoms with Gasteiger partial charge in [0.15, 0.2) is 0 Å². The number of allylic oxidation sites excluding steroid dienone is 6. The van der Waals surface area contributed by atoms with E-state index in [4.69, 9.17) is 9.47 Å². The maximum absolute atomic E-state index is 9.59. The minimum absolute atomic E-state index is 0.148. The molecule has 1 atom stereocenters. The molecule has 0 aliphatic carbocycles. The average molecular weight is 572 g/mol. The van der Waals surface area contributed by atoms with E-state index in [1.54, 1.807) is 12.1 Å². The molecule has 0 amide bonds. The van der Waals surface area contributed by atoms with Gasteiger partial charge in [-0.2, -0.15) is 0 Å². The summed E-state index contributed by atoms with van der Waals surface area (Å²) < 4.78 is 13.2. The van der Waals surface area contributed by atoms with Crippen molar-refractivity contribution in [3.63, 3.8) is 0 Å². The van der Waals surface area contributed by atoms with E-state index in [0.717, 1.165) is 82.4 Å². The van der Waals surface area contributed by atoms with Crippen molar-refractivity contribution in [2.45, 2.75) is 118 Å². The van der Waals surface area contributed by atoms with Gasteiger partial charge in [0.05, 0.1) is 0 Å². The lowest BCUT2D eigenvalue weighted by Gasteiger charge is -2.40. The van der Waals surface area contributed by atoms with Gasteiger partial charge in [-0.15, -0.1) is 0 Å². The second-order valence-electron chi connectivity index (χ2n) is 13.2. The molecule has 2 aliphatic heterocycles. The second-order valence-corrected chi connectivity index (χ2v) is 13.2. The second kappa shape index (κ2) is 14.5. The van der Waals surface area contributed by atoms with E-state index < -0.39 is 0 Å². The first-order valence-electron chi connectivity index (χ1n) is 16.0.